The zero-order valence-corrected chi connectivity index (χ0v) is 18.0. The van der Waals surface area contributed by atoms with E-state index in [-0.39, 0.29) is 17.4 Å². The minimum Gasteiger partial charge on any atom is -0.351 e. The van der Waals surface area contributed by atoms with E-state index in [2.05, 4.69) is 52.0 Å². The Hall–Kier alpha value is -3.02. The van der Waals surface area contributed by atoms with Gasteiger partial charge in [-0.2, -0.15) is 14.7 Å². The van der Waals surface area contributed by atoms with Gasteiger partial charge in [0, 0.05) is 51.2 Å². The molecule has 2 aliphatic heterocycles. The topological polar surface area (TPSA) is 91.4 Å². The molecule has 0 radical (unpaired) electrons. The van der Waals surface area contributed by atoms with Crippen LogP contribution in [0.15, 0.2) is 22.4 Å². The van der Waals surface area contributed by atoms with Crippen LogP contribution in [0.25, 0.3) is 5.65 Å². The summed E-state index contributed by atoms with van der Waals surface area (Å²) in [6.07, 6.45) is 7.75. The van der Waals surface area contributed by atoms with Crippen molar-refractivity contribution in [1.82, 2.24) is 24.7 Å². The Kier molecular flexibility index (Phi) is 4.96. The van der Waals surface area contributed by atoms with Crippen LogP contribution in [0.2, 0.25) is 0 Å². The molecule has 9 nitrogen and oxygen atoms in total. The third-order valence-electron chi connectivity index (χ3n) is 5.84. The lowest BCUT2D eigenvalue weighted by Gasteiger charge is -2.44. The van der Waals surface area contributed by atoms with Gasteiger partial charge >= 0.3 is 0 Å². The van der Waals surface area contributed by atoms with Gasteiger partial charge in [-0.15, -0.1) is 27.6 Å². The van der Waals surface area contributed by atoms with Gasteiger partial charge in [-0.05, 0) is 12.1 Å². The lowest BCUT2D eigenvalue weighted by Crippen LogP contribution is -2.60. The molecule has 0 atom stereocenters. The SMILES string of the molecule is C#CCCC1(CCC(=O)N(C)C2CN(c3ccc4nnc(C(C)(C)C)n4n3)C2)N=N1. The van der Waals surface area contributed by atoms with Gasteiger partial charge < -0.3 is 9.80 Å². The van der Waals surface area contributed by atoms with Crippen molar-refractivity contribution in [2.24, 2.45) is 10.2 Å². The Morgan fingerprint density at radius 3 is 2.63 bits per heavy atom. The van der Waals surface area contributed by atoms with Gasteiger partial charge in [-0.1, -0.05) is 20.8 Å². The van der Waals surface area contributed by atoms with Crippen LogP contribution in [0.5, 0.6) is 0 Å². The first-order valence-corrected chi connectivity index (χ1v) is 10.3. The first-order chi connectivity index (χ1) is 14.2. The smallest absolute Gasteiger partial charge is 0.222 e. The quantitative estimate of drug-likeness (QED) is 0.656. The number of hydrogen-bond donors (Lipinski definition) is 0. The summed E-state index contributed by atoms with van der Waals surface area (Å²) in [5.74, 6) is 4.44. The van der Waals surface area contributed by atoms with Gasteiger partial charge in [0.25, 0.3) is 0 Å². The van der Waals surface area contributed by atoms with Crippen molar-refractivity contribution in [2.45, 2.75) is 63.6 Å². The van der Waals surface area contributed by atoms with E-state index < -0.39 is 5.66 Å². The highest BCUT2D eigenvalue weighted by atomic mass is 16.2. The van der Waals surface area contributed by atoms with Crippen LogP contribution in [0.1, 0.15) is 52.3 Å². The lowest BCUT2D eigenvalue weighted by atomic mass is 9.96. The van der Waals surface area contributed by atoms with E-state index in [1.54, 1.807) is 0 Å². The van der Waals surface area contributed by atoms with Gasteiger partial charge in [0.2, 0.25) is 5.91 Å². The summed E-state index contributed by atoms with van der Waals surface area (Å²) in [4.78, 5) is 16.6. The molecule has 0 aromatic carbocycles. The van der Waals surface area contributed by atoms with Crippen molar-refractivity contribution in [1.29, 1.82) is 0 Å². The fourth-order valence-electron chi connectivity index (χ4n) is 3.66. The summed E-state index contributed by atoms with van der Waals surface area (Å²) >= 11 is 0. The number of amides is 1. The van der Waals surface area contributed by atoms with Crippen LogP contribution in [0.4, 0.5) is 5.82 Å². The van der Waals surface area contributed by atoms with Crippen LogP contribution in [0.3, 0.4) is 0 Å². The molecule has 1 saturated heterocycles. The molecule has 2 aromatic heterocycles. The van der Waals surface area contributed by atoms with Crippen molar-refractivity contribution < 1.29 is 4.79 Å². The predicted octanol–water partition coefficient (Wildman–Crippen LogP) is 2.42. The number of rotatable bonds is 7. The standard InChI is InChI=1S/C21H28N8O/c1-6-7-11-21(25-26-21)12-10-18(30)27(5)15-13-28(14-15)17-9-8-16-22-23-19(20(2,3)4)29(16)24-17/h1,8-9,15H,7,10-14H2,2-5H3. The molecule has 0 spiro atoms. The van der Waals surface area contributed by atoms with Gasteiger partial charge in [-0.25, -0.2) is 0 Å². The number of anilines is 1. The van der Waals surface area contributed by atoms with Gasteiger partial charge in [0.15, 0.2) is 17.1 Å². The molecule has 0 saturated carbocycles. The number of nitrogens with zero attached hydrogens (tertiary/aromatic N) is 8. The first-order valence-electron chi connectivity index (χ1n) is 10.3. The zero-order chi connectivity index (χ0) is 21.5. The van der Waals surface area contributed by atoms with E-state index >= 15 is 0 Å². The molecular weight excluding hydrogens is 380 g/mol. The van der Waals surface area contributed by atoms with Gasteiger partial charge in [0.05, 0.1) is 6.04 Å². The molecule has 2 aliphatic rings. The molecule has 0 unspecified atom stereocenters. The molecule has 4 rings (SSSR count). The minimum atomic E-state index is -0.405. The molecule has 0 bridgehead atoms. The molecule has 0 aliphatic carbocycles. The van der Waals surface area contributed by atoms with Crippen LogP contribution < -0.4 is 4.90 Å². The van der Waals surface area contributed by atoms with E-state index in [0.717, 1.165) is 36.8 Å². The Morgan fingerprint density at radius 2 is 2.00 bits per heavy atom. The first kappa shape index (κ1) is 20.3. The van der Waals surface area contributed by atoms with E-state index in [9.17, 15) is 4.79 Å². The summed E-state index contributed by atoms with van der Waals surface area (Å²) < 4.78 is 1.82. The van der Waals surface area contributed by atoms with E-state index in [1.165, 1.54) is 0 Å². The highest BCUT2D eigenvalue weighted by Gasteiger charge is 2.40. The summed E-state index contributed by atoms with van der Waals surface area (Å²) in [6, 6.07) is 4.07. The Balaban J connectivity index is 1.33. The maximum Gasteiger partial charge on any atom is 0.222 e. The normalized spacial score (nSPS) is 17.6. The number of hydrogen-bond acceptors (Lipinski definition) is 7. The van der Waals surface area contributed by atoms with E-state index in [0.29, 0.717) is 19.3 Å². The van der Waals surface area contributed by atoms with Crippen LogP contribution in [-0.4, -0.2) is 62.5 Å². The Morgan fingerprint density at radius 1 is 1.27 bits per heavy atom. The lowest BCUT2D eigenvalue weighted by molar-refractivity contribution is -0.132. The van der Waals surface area contributed by atoms with Gasteiger partial charge in [-0.3, -0.25) is 4.79 Å². The van der Waals surface area contributed by atoms with Crippen molar-refractivity contribution in [3.05, 3.63) is 18.0 Å². The fourth-order valence-corrected chi connectivity index (χ4v) is 3.66. The third kappa shape index (κ3) is 3.86. The average molecular weight is 409 g/mol. The van der Waals surface area contributed by atoms with Crippen LogP contribution >= 0.6 is 0 Å². The average Bonchev–Trinajstić information content (AvgIpc) is 3.30. The highest BCUT2D eigenvalue weighted by Crippen LogP contribution is 2.38. The molecule has 9 heteroatoms. The second-order valence-corrected chi connectivity index (χ2v) is 9.19. The number of terminal acetylenes is 1. The van der Waals surface area contributed by atoms with Crippen molar-refractivity contribution in [3.63, 3.8) is 0 Å². The van der Waals surface area contributed by atoms with Crippen LogP contribution in [0, 0.1) is 12.3 Å². The molecule has 1 fully saturated rings. The number of carbonyl (C=O) groups is 1. The summed E-state index contributed by atoms with van der Waals surface area (Å²) in [5.41, 5.74) is 0.187. The van der Waals surface area contributed by atoms with Gasteiger partial charge in [0.1, 0.15) is 5.82 Å². The number of aromatic nitrogens is 4. The Bertz CT molecular complexity index is 1020. The van der Waals surface area contributed by atoms with E-state index in [1.807, 2.05) is 28.6 Å². The number of fused-ring (bicyclic) bond motifs is 1. The van der Waals surface area contributed by atoms with Crippen molar-refractivity contribution >= 4 is 17.4 Å². The molecule has 1 amide bonds. The summed E-state index contributed by atoms with van der Waals surface area (Å²) in [5, 5.41) is 21.5. The van der Waals surface area contributed by atoms with Crippen molar-refractivity contribution in [3.8, 4) is 12.3 Å². The molecule has 2 aromatic rings. The number of likely N-dealkylation sites (N-methyl/N-ethyl adjacent to an activating group) is 1. The third-order valence-corrected chi connectivity index (χ3v) is 5.84. The molecule has 30 heavy (non-hydrogen) atoms. The summed E-state index contributed by atoms with van der Waals surface area (Å²) in [7, 11) is 1.87. The zero-order valence-electron chi connectivity index (χ0n) is 18.0. The maximum absolute atomic E-state index is 12.6. The van der Waals surface area contributed by atoms with E-state index in [4.69, 9.17) is 11.5 Å². The largest absolute Gasteiger partial charge is 0.351 e. The molecule has 4 heterocycles. The van der Waals surface area contributed by atoms with Crippen LogP contribution in [-0.2, 0) is 10.2 Å². The summed E-state index contributed by atoms with van der Waals surface area (Å²) in [6.45, 7) is 7.79. The van der Waals surface area contributed by atoms with Crippen molar-refractivity contribution in [2.75, 3.05) is 25.0 Å². The molecule has 0 N–H and O–H groups in total. The minimum absolute atomic E-state index is 0.120. The predicted molar refractivity (Wildman–Crippen MR) is 113 cm³/mol. The Labute approximate surface area is 176 Å². The number of carbonyl (C=O) groups excluding carboxylic acids is 1. The molecule has 158 valence electrons. The second-order valence-electron chi connectivity index (χ2n) is 9.19. The monoisotopic (exact) mass is 408 g/mol. The highest BCUT2D eigenvalue weighted by molar-refractivity contribution is 5.77. The molecular formula is C21H28N8O. The maximum atomic E-state index is 12.6. The fraction of sp³-hybridized carbons (Fsp3) is 0.619. The second kappa shape index (κ2) is 7.35.